The summed E-state index contributed by atoms with van der Waals surface area (Å²) in [6.07, 6.45) is 2.06. The maximum absolute atomic E-state index is 6.39. The van der Waals surface area contributed by atoms with Crippen LogP contribution in [-0.4, -0.2) is 20.2 Å². The number of tetrazole rings is 1. The molecule has 0 saturated heterocycles. The summed E-state index contributed by atoms with van der Waals surface area (Å²) in [5.74, 6) is 0.573. The highest BCUT2D eigenvalue weighted by molar-refractivity contribution is 6.35. The Bertz CT molecular complexity index is 930. The van der Waals surface area contributed by atoms with E-state index in [1.807, 2.05) is 12.1 Å². The molecule has 2 aromatic carbocycles. The lowest BCUT2D eigenvalue weighted by molar-refractivity contribution is 0.586. The predicted octanol–water partition coefficient (Wildman–Crippen LogP) is 4.34. The van der Waals surface area contributed by atoms with E-state index in [0.29, 0.717) is 16.0 Å². The Morgan fingerprint density at radius 1 is 1.08 bits per heavy atom. The molecule has 3 aromatic rings. The van der Waals surface area contributed by atoms with Crippen LogP contribution in [-0.2, 0) is 0 Å². The molecule has 4 rings (SSSR count). The fourth-order valence-corrected chi connectivity index (χ4v) is 3.24. The summed E-state index contributed by atoms with van der Waals surface area (Å²) in [4.78, 5) is 0. The molecule has 0 unspecified atom stereocenters. The van der Waals surface area contributed by atoms with Crippen molar-refractivity contribution < 1.29 is 0 Å². The van der Waals surface area contributed by atoms with Crippen LogP contribution < -0.4 is 5.32 Å². The number of halogens is 2. The van der Waals surface area contributed by atoms with Gasteiger partial charge in [0.15, 0.2) is 0 Å². The van der Waals surface area contributed by atoms with Crippen LogP contribution in [0.15, 0.2) is 48.5 Å². The minimum Gasteiger partial charge on any atom is -0.323 e. The Morgan fingerprint density at radius 2 is 1.88 bits per heavy atom. The van der Waals surface area contributed by atoms with Gasteiger partial charge in [0.2, 0.25) is 5.95 Å². The number of allylic oxidation sites excluding steroid dienone is 1. The molecule has 0 aliphatic carbocycles. The average Bonchev–Trinajstić information content (AvgIpc) is 3.03. The summed E-state index contributed by atoms with van der Waals surface area (Å²) in [5, 5.41) is 16.3. The van der Waals surface area contributed by atoms with E-state index in [9.17, 15) is 0 Å². The fourth-order valence-electron chi connectivity index (χ4n) is 2.72. The van der Waals surface area contributed by atoms with Crippen LogP contribution in [0.3, 0.4) is 0 Å². The third-order valence-electron chi connectivity index (χ3n) is 3.97. The Balaban J connectivity index is 1.83. The highest BCUT2D eigenvalue weighted by atomic mass is 35.5. The standard InChI is InChI=1S/C17H13Cl2N5/c1-10-2-4-11(5-3-10)15-9-16(24-17(20-15)21-22-23-24)13-7-6-12(18)8-14(13)19/h2-9,16H,1H3,(H,20,21,23)/t16-/m0/s1. The van der Waals surface area contributed by atoms with Gasteiger partial charge < -0.3 is 5.32 Å². The second kappa shape index (κ2) is 5.92. The van der Waals surface area contributed by atoms with Crippen LogP contribution in [0, 0.1) is 6.92 Å². The van der Waals surface area contributed by atoms with Gasteiger partial charge in [-0.1, -0.05) is 64.2 Å². The van der Waals surface area contributed by atoms with Crippen LogP contribution in [0.5, 0.6) is 0 Å². The van der Waals surface area contributed by atoms with Gasteiger partial charge in [0, 0.05) is 15.7 Å². The third kappa shape index (κ3) is 2.66. The first-order chi connectivity index (χ1) is 11.6. The van der Waals surface area contributed by atoms with Crippen LogP contribution in [0.25, 0.3) is 5.70 Å². The zero-order valence-electron chi connectivity index (χ0n) is 12.7. The number of nitrogens with one attached hydrogen (secondary N) is 1. The minimum atomic E-state index is -0.211. The monoisotopic (exact) mass is 357 g/mol. The van der Waals surface area contributed by atoms with E-state index in [1.165, 1.54) is 5.56 Å². The van der Waals surface area contributed by atoms with Gasteiger partial charge in [-0.15, -0.1) is 0 Å². The Hall–Kier alpha value is -2.37. The van der Waals surface area contributed by atoms with Crippen molar-refractivity contribution in [1.82, 2.24) is 20.2 Å². The average molecular weight is 358 g/mol. The Morgan fingerprint density at radius 3 is 2.62 bits per heavy atom. The first-order valence-electron chi connectivity index (χ1n) is 7.40. The van der Waals surface area contributed by atoms with Gasteiger partial charge in [-0.2, -0.15) is 4.68 Å². The third-order valence-corrected chi connectivity index (χ3v) is 4.53. The Kier molecular flexibility index (Phi) is 3.75. The molecule has 1 N–H and O–H groups in total. The molecule has 7 heteroatoms. The molecule has 1 aromatic heterocycles. The molecule has 0 amide bonds. The molecule has 120 valence electrons. The number of fused-ring (bicyclic) bond motifs is 1. The smallest absolute Gasteiger partial charge is 0.248 e. The van der Waals surface area contributed by atoms with Gasteiger partial charge in [0.1, 0.15) is 6.04 Å². The van der Waals surface area contributed by atoms with Crippen molar-refractivity contribution in [2.75, 3.05) is 5.32 Å². The summed E-state index contributed by atoms with van der Waals surface area (Å²) < 4.78 is 1.70. The van der Waals surface area contributed by atoms with E-state index in [0.717, 1.165) is 16.8 Å². The Labute approximate surface area is 148 Å². The van der Waals surface area contributed by atoms with E-state index >= 15 is 0 Å². The molecule has 1 atom stereocenters. The van der Waals surface area contributed by atoms with E-state index in [-0.39, 0.29) is 6.04 Å². The summed E-state index contributed by atoms with van der Waals surface area (Å²) >= 11 is 12.4. The topological polar surface area (TPSA) is 55.6 Å². The van der Waals surface area contributed by atoms with Crippen molar-refractivity contribution in [2.24, 2.45) is 0 Å². The molecule has 0 saturated carbocycles. The normalized spacial score (nSPS) is 16.3. The predicted molar refractivity (Wildman–Crippen MR) is 95.2 cm³/mol. The van der Waals surface area contributed by atoms with E-state index in [1.54, 1.807) is 10.7 Å². The fraction of sp³-hybridized carbons (Fsp3) is 0.118. The molecule has 0 fully saturated rings. The van der Waals surface area contributed by atoms with Crippen LogP contribution in [0.4, 0.5) is 5.95 Å². The zero-order chi connectivity index (χ0) is 16.7. The molecule has 5 nitrogen and oxygen atoms in total. The summed E-state index contributed by atoms with van der Waals surface area (Å²) in [6.45, 7) is 2.06. The minimum absolute atomic E-state index is 0.211. The molecule has 0 radical (unpaired) electrons. The van der Waals surface area contributed by atoms with Crippen molar-refractivity contribution in [3.63, 3.8) is 0 Å². The van der Waals surface area contributed by atoms with Crippen LogP contribution >= 0.6 is 23.2 Å². The molecular weight excluding hydrogens is 345 g/mol. The number of aromatic nitrogens is 4. The van der Waals surface area contributed by atoms with Gasteiger partial charge in [-0.25, -0.2) is 0 Å². The van der Waals surface area contributed by atoms with Gasteiger partial charge in [0.05, 0.1) is 0 Å². The first kappa shape index (κ1) is 15.2. The number of hydrogen-bond acceptors (Lipinski definition) is 4. The first-order valence-corrected chi connectivity index (χ1v) is 8.16. The number of rotatable bonds is 2. The SMILES string of the molecule is Cc1ccc(C2=C[C@@H](c3ccc(Cl)cc3Cl)n3nnnc3N2)cc1. The number of hydrogen-bond donors (Lipinski definition) is 1. The van der Waals surface area contributed by atoms with Gasteiger partial charge >= 0.3 is 0 Å². The number of nitrogens with zero attached hydrogens (tertiary/aromatic N) is 4. The molecule has 1 aliphatic heterocycles. The van der Waals surface area contributed by atoms with E-state index in [2.05, 4.69) is 58.1 Å². The van der Waals surface area contributed by atoms with Crippen molar-refractivity contribution in [3.05, 3.63) is 75.3 Å². The zero-order valence-corrected chi connectivity index (χ0v) is 14.3. The lowest BCUT2D eigenvalue weighted by Gasteiger charge is -2.24. The maximum atomic E-state index is 6.39. The van der Waals surface area contributed by atoms with Gasteiger partial charge in [0.25, 0.3) is 0 Å². The summed E-state index contributed by atoms with van der Waals surface area (Å²) in [5.41, 5.74) is 4.09. The van der Waals surface area contributed by atoms with E-state index < -0.39 is 0 Å². The lowest BCUT2D eigenvalue weighted by atomic mass is 10.0. The summed E-state index contributed by atoms with van der Waals surface area (Å²) in [7, 11) is 0. The van der Waals surface area contributed by atoms with Crippen molar-refractivity contribution in [1.29, 1.82) is 0 Å². The maximum Gasteiger partial charge on any atom is 0.248 e. The van der Waals surface area contributed by atoms with Crippen molar-refractivity contribution in [3.8, 4) is 0 Å². The quantitative estimate of drug-likeness (QED) is 0.740. The number of aryl methyl sites for hydroxylation is 1. The highest BCUT2D eigenvalue weighted by Crippen LogP contribution is 2.35. The lowest BCUT2D eigenvalue weighted by Crippen LogP contribution is -2.20. The van der Waals surface area contributed by atoms with Gasteiger partial charge in [-0.3, -0.25) is 0 Å². The molecular formula is C17H13Cl2N5. The summed E-state index contributed by atoms with van der Waals surface area (Å²) in [6, 6.07) is 13.5. The second-order valence-corrected chi connectivity index (χ2v) is 6.47. The number of anilines is 1. The van der Waals surface area contributed by atoms with Crippen LogP contribution in [0.1, 0.15) is 22.7 Å². The van der Waals surface area contributed by atoms with Crippen molar-refractivity contribution >= 4 is 34.8 Å². The largest absolute Gasteiger partial charge is 0.323 e. The van der Waals surface area contributed by atoms with Crippen molar-refractivity contribution in [2.45, 2.75) is 13.0 Å². The second-order valence-electron chi connectivity index (χ2n) is 5.63. The van der Waals surface area contributed by atoms with Crippen LogP contribution in [0.2, 0.25) is 10.0 Å². The van der Waals surface area contributed by atoms with Gasteiger partial charge in [-0.05, 0) is 46.7 Å². The molecule has 2 heterocycles. The highest BCUT2D eigenvalue weighted by Gasteiger charge is 2.25. The number of benzene rings is 2. The van der Waals surface area contributed by atoms with E-state index in [4.69, 9.17) is 23.2 Å². The molecule has 0 bridgehead atoms. The molecule has 1 aliphatic rings. The molecule has 0 spiro atoms. The molecule has 24 heavy (non-hydrogen) atoms.